The van der Waals surface area contributed by atoms with Crippen molar-refractivity contribution in [3.63, 3.8) is 0 Å². The van der Waals surface area contributed by atoms with Gasteiger partial charge in [-0.05, 0) is 6.07 Å². The van der Waals surface area contributed by atoms with Crippen molar-refractivity contribution in [3.05, 3.63) is 82.7 Å². The summed E-state index contributed by atoms with van der Waals surface area (Å²) in [4.78, 5) is 10.4. The molecule has 0 atom stereocenters. The number of nitro groups is 1. The van der Waals surface area contributed by atoms with Crippen LogP contribution >= 0.6 is 0 Å². The van der Waals surface area contributed by atoms with Gasteiger partial charge in [0.2, 0.25) is 0 Å². The van der Waals surface area contributed by atoms with Crippen LogP contribution in [0, 0.1) is 10.1 Å². The Kier molecular flexibility index (Phi) is 3.13. The molecule has 4 nitrogen and oxygen atoms in total. The molecule has 0 bridgehead atoms. The summed E-state index contributed by atoms with van der Waals surface area (Å²) in [5.41, 5.74) is 1.34. The summed E-state index contributed by atoms with van der Waals surface area (Å²) >= 11 is 0. The van der Waals surface area contributed by atoms with Crippen LogP contribution in [0.3, 0.4) is 0 Å². The summed E-state index contributed by atoms with van der Waals surface area (Å²) < 4.78 is 2.07. The molecule has 1 aromatic heterocycles. The average molecular weight is 265 g/mol. The van der Waals surface area contributed by atoms with Crippen LogP contribution in [0.1, 0.15) is 5.56 Å². The quantitative estimate of drug-likeness (QED) is 0.415. The highest BCUT2D eigenvalue weighted by Gasteiger charge is 2.09. The standard InChI is InChI=1S/C16H13N2O2/c19-18(20)16-7-6-15-12-17(9-8-14(15)10-16)11-13-4-2-1-3-5-13/h1-10,12H,11H2/q+1. The molecule has 0 saturated heterocycles. The first-order chi connectivity index (χ1) is 9.72. The van der Waals surface area contributed by atoms with Crippen LogP contribution in [0.5, 0.6) is 0 Å². The lowest BCUT2D eigenvalue weighted by molar-refractivity contribution is -0.687. The van der Waals surface area contributed by atoms with Gasteiger partial charge in [0.15, 0.2) is 18.9 Å². The van der Waals surface area contributed by atoms with Crippen molar-refractivity contribution >= 4 is 16.5 Å². The number of pyridine rings is 1. The van der Waals surface area contributed by atoms with Crippen molar-refractivity contribution in [3.8, 4) is 0 Å². The van der Waals surface area contributed by atoms with E-state index in [1.54, 1.807) is 12.1 Å². The van der Waals surface area contributed by atoms with Gasteiger partial charge >= 0.3 is 0 Å². The minimum absolute atomic E-state index is 0.123. The summed E-state index contributed by atoms with van der Waals surface area (Å²) in [6.07, 6.45) is 3.95. The van der Waals surface area contributed by atoms with Crippen molar-refractivity contribution in [2.24, 2.45) is 0 Å². The van der Waals surface area contributed by atoms with Gasteiger partial charge in [0.05, 0.1) is 4.92 Å². The van der Waals surface area contributed by atoms with Crippen LogP contribution in [0.4, 0.5) is 5.69 Å². The zero-order valence-corrected chi connectivity index (χ0v) is 10.8. The zero-order chi connectivity index (χ0) is 13.9. The van der Waals surface area contributed by atoms with Crippen molar-refractivity contribution in [1.82, 2.24) is 0 Å². The van der Waals surface area contributed by atoms with E-state index in [0.717, 1.165) is 17.3 Å². The maximum absolute atomic E-state index is 10.8. The summed E-state index contributed by atoms with van der Waals surface area (Å²) in [5, 5.41) is 12.6. The van der Waals surface area contributed by atoms with E-state index < -0.39 is 0 Å². The highest BCUT2D eigenvalue weighted by atomic mass is 16.6. The highest BCUT2D eigenvalue weighted by molar-refractivity contribution is 5.82. The number of benzene rings is 2. The molecule has 0 radical (unpaired) electrons. The summed E-state index contributed by atoms with van der Waals surface area (Å²) in [6.45, 7) is 0.785. The van der Waals surface area contributed by atoms with E-state index in [9.17, 15) is 10.1 Å². The largest absolute Gasteiger partial charge is 0.270 e. The van der Waals surface area contributed by atoms with Crippen molar-refractivity contribution in [2.75, 3.05) is 0 Å². The molecule has 20 heavy (non-hydrogen) atoms. The van der Waals surface area contributed by atoms with Crippen molar-refractivity contribution in [1.29, 1.82) is 0 Å². The van der Waals surface area contributed by atoms with Gasteiger partial charge < -0.3 is 0 Å². The fourth-order valence-electron chi connectivity index (χ4n) is 2.23. The van der Waals surface area contributed by atoms with Gasteiger partial charge in [0, 0.05) is 34.5 Å². The molecule has 3 rings (SSSR count). The Bertz CT molecular complexity index is 770. The number of hydrogen-bond acceptors (Lipinski definition) is 2. The number of rotatable bonds is 3. The molecular weight excluding hydrogens is 252 g/mol. The van der Waals surface area contributed by atoms with Crippen LogP contribution < -0.4 is 4.57 Å². The van der Waals surface area contributed by atoms with Gasteiger partial charge in [-0.3, -0.25) is 10.1 Å². The Balaban J connectivity index is 1.95. The molecule has 3 aromatic rings. The number of nitrogens with zero attached hydrogens (tertiary/aromatic N) is 2. The second kappa shape index (κ2) is 5.09. The third kappa shape index (κ3) is 2.49. The topological polar surface area (TPSA) is 47.0 Å². The van der Waals surface area contributed by atoms with Crippen molar-refractivity contribution < 1.29 is 9.49 Å². The van der Waals surface area contributed by atoms with E-state index in [-0.39, 0.29) is 10.6 Å². The molecule has 0 spiro atoms. The number of fused-ring (bicyclic) bond motifs is 1. The molecule has 2 aromatic carbocycles. The molecule has 0 aliphatic rings. The van der Waals surface area contributed by atoms with E-state index in [2.05, 4.69) is 16.7 Å². The normalized spacial score (nSPS) is 10.6. The third-order valence-corrected chi connectivity index (χ3v) is 3.24. The van der Waals surface area contributed by atoms with Gasteiger partial charge in [-0.1, -0.05) is 30.3 Å². The van der Waals surface area contributed by atoms with E-state index >= 15 is 0 Å². The lowest BCUT2D eigenvalue weighted by Crippen LogP contribution is -2.33. The maximum atomic E-state index is 10.8. The maximum Gasteiger partial charge on any atom is 0.270 e. The van der Waals surface area contributed by atoms with Crippen LogP contribution in [0.15, 0.2) is 67.0 Å². The summed E-state index contributed by atoms with van der Waals surface area (Å²) in [6, 6.07) is 17.0. The Morgan fingerprint density at radius 1 is 1.00 bits per heavy atom. The Hall–Kier alpha value is -2.75. The average Bonchev–Trinajstić information content (AvgIpc) is 2.47. The lowest BCUT2D eigenvalue weighted by atomic mass is 10.1. The van der Waals surface area contributed by atoms with Gasteiger partial charge in [0.25, 0.3) is 5.69 Å². The first-order valence-corrected chi connectivity index (χ1v) is 6.33. The molecule has 98 valence electrons. The monoisotopic (exact) mass is 265 g/mol. The number of non-ortho nitro benzene ring substituents is 1. The summed E-state index contributed by atoms with van der Waals surface area (Å²) in [7, 11) is 0. The van der Waals surface area contributed by atoms with Crippen LogP contribution in [0.2, 0.25) is 0 Å². The molecule has 0 amide bonds. The summed E-state index contributed by atoms with van der Waals surface area (Å²) in [5.74, 6) is 0. The predicted octanol–water partition coefficient (Wildman–Crippen LogP) is 3.08. The zero-order valence-electron chi connectivity index (χ0n) is 10.8. The fourth-order valence-corrected chi connectivity index (χ4v) is 2.23. The van der Waals surface area contributed by atoms with Gasteiger partial charge in [-0.15, -0.1) is 0 Å². The van der Waals surface area contributed by atoms with Gasteiger partial charge in [0.1, 0.15) is 0 Å². The Morgan fingerprint density at radius 3 is 2.55 bits per heavy atom. The Morgan fingerprint density at radius 2 is 1.80 bits per heavy atom. The number of aromatic nitrogens is 1. The fraction of sp³-hybridized carbons (Fsp3) is 0.0625. The Labute approximate surface area is 116 Å². The van der Waals surface area contributed by atoms with Crippen molar-refractivity contribution in [2.45, 2.75) is 6.54 Å². The van der Waals surface area contributed by atoms with Gasteiger partial charge in [-0.25, -0.2) is 4.57 Å². The smallest absolute Gasteiger partial charge is 0.258 e. The van der Waals surface area contributed by atoms with E-state index in [0.29, 0.717) is 0 Å². The number of nitro benzene ring substituents is 1. The molecule has 0 aliphatic carbocycles. The first kappa shape index (κ1) is 12.3. The molecule has 1 heterocycles. The minimum Gasteiger partial charge on any atom is -0.258 e. The van der Waals surface area contributed by atoms with Gasteiger partial charge in [-0.2, -0.15) is 0 Å². The lowest BCUT2D eigenvalue weighted by Gasteiger charge is -2.00. The highest BCUT2D eigenvalue weighted by Crippen LogP contribution is 2.19. The van der Waals surface area contributed by atoms with Crippen LogP contribution in [-0.2, 0) is 6.54 Å². The molecule has 0 unspecified atom stereocenters. The molecule has 0 N–H and O–H groups in total. The van der Waals surface area contributed by atoms with E-state index in [1.165, 1.54) is 11.6 Å². The molecular formula is C16H13N2O2+. The minimum atomic E-state index is -0.371. The second-order valence-electron chi connectivity index (χ2n) is 4.67. The SMILES string of the molecule is O=[N+]([O-])c1ccc2c[n+](Cc3ccccc3)ccc2c1. The molecule has 0 saturated carbocycles. The van der Waals surface area contributed by atoms with E-state index in [1.807, 2.05) is 36.7 Å². The first-order valence-electron chi connectivity index (χ1n) is 6.33. The number of hydrogen-bond donors (Lipinski definition) is 0. The third-order valence-electron chi connectivity index (χ3n) is 3.24. The van der Waals surface area contributed by atoms with E-state index in [4.69, 9.17) is 0 Å². The molecule has 0 aliphatic heterocycles. The second-order valence-corrected chi connectivity index (χ2v) is 4.67. The van der Waals surface area contributed by atoms with Crippen LogP contribution in [-0.4, -0.2) is 4.92 Å². The van der Waals surface area contributed by atoms with Crippen LogP contribution in [0.25, 0.3) is 10.8 Å². The molecule has 4 heteroatoms. The predicted molar refractivity (Wildman–Crippen MR) is 76.3 cm³/mol. The molecule has 0 fully saturated rings.